The molecule has 0 radical (unpaired) electrons. The highest BCUT2D eigenvalue weighted by Crippen LogP contribution is 2.28. The molecule has 2 heterocycles. The SMILES string of the molecule is Cc1ccc(C2CN(C3CCN(C)C3=O)CCO2)c(C)c1. The molecule has 2 saturated heterocycles. The molecule has 3 rings (SSSR count). The number of benzene rings is 1. The number of aryl methyl sites for hydroxylation is 2. The normalized spacial score (nSPS) is 27.4. The van der Waals surface area contributed by atoms with E-state index in [9.17, 15) is 4.79 Å². The van der Waals surface area contributed by atoms with Crippen LogP contribution in [-0.2, 0) is 9.53 Å². The summed E-state index contributed by atoms with van der Waals surface area (Å²) in [5.74, 6) is 0.260. The van der Waals surface area contributed by atoms with Crippen LogP contribution in [0.15, 0.2) is 18.2 Å². The number of amides is 1. The standard InChI is InChI=1S/C17H24N2O2/c1-12-4-5-14(13(2)10-12)16-11-19(8-9-21-16)15-6-7-18(3)17(15)20/h4-5,10,15-16H,6-9,11H2,1-3H3. The Hall–Kier alpha value is -1.39. The first-order valence-corrected chi connectivity index (χ1v) is 7.74. The number of likely N-dealkylation sites (tertiary alicyclic amines) is 1. The van der Waals surface area contributed by atoms with Crippen molar-refractivity contribution >= 4 is 5.91 Å². The topological polar surface area (TPSA) is 32.8 Å². The van der Waals surface area contributed by atoms with Crippen molar-refractivity contribution in [3.63, 3.8) is 0 Å². The Bertz CT molecular complexity index is 544. The zero-order valence-corrected chi connectivity index (χ0v) is 13.1. The van der Waals surface area contributed by atoms with E-state index in [4.69, 9.17) is 4.74 Å². The molecule has 114 valence electrons. The van der Waals surface area contributed by atoms with Gasteiger partial charge in [-0.25, -0.2) is 0 Å². The van der Waals surface area contributed by atoms with Gasteiger partial charge in [0.05, 0.1) is 18.8 Å². The molecule has 2 aliphatic rings. The average molecular weight is 288 g/mol. The van der Waals surface area contributed by atoms with E-state index in [1.807, 2.05) is 11.9 Å². The van der Waals surface area contributed by atoms with Gasteiger partial charge in [0, 0.05) is 26.7 Å². The Kier molecular flexibility index (Phi) is 4.00. The van der Waals surface area contributed by atoms with Gasteiger partial charge in [0.25, 0.3) is 0 Å². The van der Waals surface area contributed by atoms with E-state index < -0.39 is 0 Å². The van der Waals surface area contributed by atoms with Gasteiger partial charge in [0.1, 0.15) is 0 Å². The van der Waals surface area contributed by atoms with Crippen LogP contribution in [0.25, 0.3) is 0 Å². The fraction of sp³-hybridized carbons (Fsp3) is 0.588. The number of hydrogen-bond donors (Lipinski definition) is 0. The zero-order chi connectivity index (χ0) is 15.0. The molecule has 1 amide bonds. The first-order chi connectivity index (χ1) is 10.1. The summed E-state index contributed by atoms with van der Waals surface area (Å²) in [6.45, 7) is 7.48. The van der Waals surface area contributed by atoms with E-state index in [0.717, 1.165) is 26.1 Å². The van der Waals surface area contributed by atoms with E-state index in [1.165, 1.54) is 16.7 Å². The van der Waals surface area contributed by atoms with Crippen LogP contribution in [0.4, 0.5) is 0 Å². The molecule has 0 saturated carbocycles. The third-order valence-corrected chi connectivity index (χ3v) is 4.71. The van der Waals surface area contributed by atoms with Gasteiger partial charge in [-0.2, -0.15) is 0 Å². The van der Waals surface area contributed by atoms with Crippen molar-refractivity contribution in [2.45, 2.75) is 32.4 Å². The van der Waals surface area contributed by atoms with E-state index in [-0.39, 0.29) is 18.1 Å². The van der Waals surface area contributed by atoms with Crippen molar-refractivity contribution in [2.75, 3.05) is 33.3 Å². The largest absolute Gasteiger partial charge is 0.371 e. The maximum atomic E-state index is 12.2. The molecule has 21 heavy (non-hydrogen) atoms. The lowest BCUT2D eigenvalue weighted by atomic mass is 9.99. The van der Waals surface area contributed by atoms with Crippen molar-refractivity contribution < 1.29 is 9.53 Å². The second-order valence-electron chi connectivity index (χ2n) is 6.28. The number of morpholine rings is 1. The summed E-state index contributed by atoms with van der Waals surface area (Å²) in [7, 11) is 1.89. The van der Waals surface area contributed by atoms with Gasteiger partial charge < -0.3 is 9.64 Å². The van der Waals surface area contributed by atoms with Crippen LogP contribution < -0.4 is 0 Å². The first-order valence-electron chi connectivity index (χ1n) is 7.74. The van der Waals surface area contributed by atoms with Gasteiger partial charge in [-0.15, -0.1) is 0 Å². The molecule has 2 aliphatic heterocycles. The van der Waals surface area contributed by atoms with E-state index in [0.29, 0.717) is 6.61 Å². The minimum absolute atomic E-state index is 0.0483. The quantitative estimate of drug-likeness (QED) is 0.833. The predicted molar refractivity (Wildman–Crippen MR) is 82.2 cm³/mol. The van der Waals surface area contributed by atoms with Crippen LogP contribution >= 0.6 is 0 Å². The molecule has 0 N–H and O–H groups in total. The van der Waals surface area contributed by atoms with Crippen molar-refractivity contribution in [2.24, 2.45) is 0 Å². The van der Waals surface area contributed by atoms with Gasteiger partial charge in [0.15, 0.2) is 0 Å². The molecule has 2 atom stereocenters. The van der Waals surface area contributed by atoms with Gasteiger partial charge >= 0.3 is 0 Å². The van der Waals surface area contributed by atoms with Crippen LogP contribution in [-0.4, -0.2) is 55.0 Å². The summed E-state index contributed by atoms with van der Waals surface area (Å²) >= 11 is 0. The van der Waals surface area contributed by atoms with Crippen molar-refractivity contribution in [1.82, 2.24) is 9.80 Å². The van der Waals surface area contributed by atoms with E-state index in [1.54, 1.807) is 0 Å². The lowest BCUT2D eigenvalue weighted by molar-refractivity contribution is -0.133. The van der Waals surface area contributed by atoms with Gasteiger partial charge in [-0.05, 0) is 31.4 Å². The van der Waals surface area contributed by atoms with E-state index in [2.05, 4.69) is 36.9 Å². The summed E-state index contributed by atoms with van der Waals surface area (Å²) in [6, 6.07) is 6.55. The van der Waals surface area contributed by atoms with Gasteiger partial charge in [-0.3, -0.25) is 9.69 Å². The van der Waals surface area contributed by atoms with Gasteiger partial charge in [0.2, 0.25) is 5.91 Å². The number of carbonyl (C=O) groups excluding carboxylic acids is 1. The van der Waals surface area contributed by atoms with Crippen molar-refractivity contribution in [1.29, 1.82) is 0 Å². The lowest BCUT2D eigenvalue weighted by Gasteiger charge is -2.36. The molecule has 1 aromatic rings. The molecule has 1 aromatic carbocycles. The summed E-state index contributed by atoms with van der Waals surface area (Å²) in [4.78, 5) is 16.3. The second-order valence-corrected chi connectivity index (χ2v) is 6.28. The number of carbonyl (C=O) groups is 1. The Morgan fingerprint density at radius 3 is 2.71 bits per heavy atom. The van der Waals surface area contributed by atoms with Crippen molar-refractivity contribution in [3.05, 3.63) is 34.9 Å². The molecule has 0 aromatic heterocycles. The number of nitrogens with zero attached hydrogens (tertiary/aromatic N) is 2. The second kappa shape index (κ2) is 5.78. The minimum Gasteiger partial charge on any atom is -0.371 e. The minimum atomic E-state index is 0.0483. The predicted octanol–water partition coefficient (Wildman–Crippen LogP) is 1.91. The third kappa shape index (κ3) is 2.83. The monoisotopic (exact) mass is 288 g/mol. The molecule has 0 spiro atoms. The highest BCUT2D eigenvalue weighted by Gasteiger charge is 2.37. The highest BCUT2D eigenvalue weighted by atomic mass is 16.5. The average Bonchev–Trinajstić information content (AvgIpc) is 2.79. The fourth-order valence-corrected chi connectivity index (χ4v) is 3.47. The molecule has 2 unspecified atom stereocenters. The molecule has 0 aliphatic carbocycles. The Morgan fingerprint density at radius 1 is 1.24 bits per heavy atom. The summed E-state index contributed by atoms with van der Waals surface area (Å²) < 4.78 is 5.97. The summed E-state index contributed by atoms with van der Waals surface area (Å²) in [6.07, 6.45) is 1.02. The Morgan fingerprint density at radius 2 is 2.05 bits per heavy atom. The first kappa shape index (κ1) is 14.5. The number of likely N-dealkylation sites (N-methyl/N-ethyl adjacent to an activating group) is 1. The maximum Gasteiger partial charge on any atom is 0.239 e. The van der Waals surface area contributed by atoms with Crippen LogP contribution in [0.1, 0.15) is 29.2 Å². The molecule has 2 fully saturated rings. The van der Waals surface area contributed by atoms with Crippen LogP contribution in [0.2, 0.25) is 0 Å². The number of ether oxygens (including phenoxy) is 1. The van der Waals surface area contributed by atoms with Crippen LogP contribution in [0.5, 0.6) is 0 Å². The summed E-state index contributed by atoms with van der Waals surface area (Å²) in [5, 5.41) is 0. The molecule has 0 bridgehead atoms. The summed E-state index contributed by atoms with van der Waals surface area (Å²) in [5.41, 5.74) is 3.80. The maximum absolute atomic E-state index is 12.2. The van der Waals surface area contributed by atoms with Crippen LogP contribution in [0, 0.1) is 13.8 Å². The Balaban J connectivity index is 1.75. The number of rotatable bonds is 2. The Labute approximate surface area is 126 Å². The van der Waals surface area contributed by atoms with Gasteiger partial charge in [-0.1, -0.05) is 23.8 Å². The smallest absolute Gasteiger partial charge is 0.239 e. The third-order valence-electron chi connectivity index (χ3n) is 4.71. The molecular weight excluding hydrogens is 264 g/mol. The number of hydrogen-bond acceptors (Lipinski definition) is 3. The van der Waals surface area contributed by atoms with Crippen molar-refractivity contribution in [3.8, 4) is 0 Å². The molecule has 4 nitrogen and oxygen atoms in total. The van der Waals surface area contributed by atoms with E-state index >= 15 is 0 Å². The molecular formula is C17H24N2O2. The molecule has 4 heteroatoms. The zero-order valence-electron chi connectivity index (χ0n) is 13.1. The highest BCUT2D eigenvalue weighted by molar-refractivity contribution is 5.83. The fourth-order valence-electron chi connectivity index (χ4n) is 3.47. The van der Waals surface area contributed by atoms with Crippen LogP contribution in [0.3, 0.4) is 0 Å². The lowest BCUT2D eigenvalue weighted by Crippen LogP contribution is -2.48.